The molecule has 1 heterocycles. The zero-order valence-corrected chi connectivity index (χ0v) is 21.2. The number of aryl methyl sites for hydroxylation is 1. The van der Waals surface area contributed by atoms with Crippen LogP contribution in [-0.2, 0) is 14.8 Å². The second-order valence-electron chi connectivity index (χ2n) is 8.03. The number of nitrogens with one attached hydrogen (secondary N) is 2. The van der Waals surface area contributed by atoms with E-state index in [1.54, 1.807) is 73.7 Å². The molecule has 0 atom stereocenters. The van der Waals surface area contributed by atoms with Crippen LogP contribution in [0.15, 0.2) is 77.7 Å². The first-order valence-corrected chi connectivity index (χ1v) is 13.2. The third-order valence-electron chi connectivity index (χ3n) is 5.35. The molecule has 0 aliphatic carbocycles. The van der Waals surface area contributed by atoms with Gasteiger partial charge in [0.1, 0.15) is 0 Å². The highest BCUT2D eigenvalue weighted by molar-refractivity contribution is 7.92. The van der Waals surface area contributed by atoms with Crippen LogP contribution in [0.3, 0.4) is 0 Å². The van der Waals surface area contributed by atoms with E-state index in [-0.39, 0.29) is 23.3 Å². The minimum Gasteiger partial charge on any atom is -0.326 e. The summed E-state index contributed by atoms with van der Waals surface area (Å²) in [4.78, 5) is 24.9. The van der Waals surface area contributed by atoms with Crippen LogP contribution >= 0.6 is 11.3 Å². The van der Waals surface area contributed by atoms with E-state index in [1.807, 2.05) is 13.0 Å². The van der Waals surface area contributed by atoms with Crippen LogP contribution in [0.4, 0.5) is 17.1 Å². The molecule has 4 rings (SSSR count). The van der Waals surface area contributed by atoms with Crippen molar-refractivity contribution >= 4 is 60.3 Å². The average Bonchev–Trinajstić information content (AvgIpc) is 3.23. The summed E-state index contributed by atoms with van der Waals surface area (Å²) in [6.07, 6.45) is 0. The first kappa shape index (κ1) is 24.4. The van der Waals surface area contributed by atoms with Gasteiger partial charge in [0.05, 0.1) is 15.5 Å². The van der Waals surface area contributed by atoms with E-state index in [0.29, 0.717) is 21.9 Å². The Hall–Kier alpha value is -3.69. The van der Waals surface area contributed by atoms with E-state index in [1.165, 1.54) is 22.6 Å². The van der Waals surface area contributed by atoms with Crippen molar-refractivity contribution in [2.45, 2.75) is 25.7 Å². The Morgan fingerprint density at radius 3 is 2.26 bits per heavy atom. The number of nitrogens with zero attached hydrogens (tertiary/aromatic N) is 1. The molecule has 3 aromatic carbocycles. The zero-order chi connectivity index (χ0) is 25.2. The Bertz CT molecular complexity index is 1510. The topological polar surface area (TPSA) is 95.6 Å². The third kappa shape index (κ3) is 5.36. The van der Waals surface area contributed by atoms with Crippen molar-refractivity contribution in [3.63, 3.8) is 0 Å². The Morgan fingerprint density at radius 1 is 0.914 bits per heavy atom. The fraction of sp³-hybridized carbons (Fsp3) is 0.154. The van der Waals surface area contributed by atoms with Crippen molar-refractivity contribution in [1.82, 2.24) is 0 Å². The minimum absolute atomic E-state index is 0.195. The number of hydrogen-bond donors (Lipinski definition) is 2. The summed E-state index contributed by atoms with van der Waals surface area (Å²) < 4.78 is 28.8. The normalized spacial score (nSPS) is 11.3. The van der Waals surface area contributed by atoms with Gasteiger partial charge in [-0.05, 0) is 73.8 Å². The molecule has 7 nitrogen and oxygen atoms in total. The number of benzene rings is 3. The number of fused-ring (bicyclic) bond motifs is 1. The van der Waals surface area contributed by atoms with Crippen molar-refractivity contribution < 1.29 is 18.0 Å². The molecular weight excluding hydrogens is 482 g/mol. The Morgan fingerprint density at radius 2 is 1.60 bits per heavy atom. The number of hydrogen-bond acceptors (Lipinski definition) is 5. The SMILES string of the molecule is CCN(c1ccc2sc(C(=O)Nc3cccc(NC(C)=O)c3)cc2c1)S(=O)(=O)c1ccc(C)cc1. The van der Waals surface area contributed by atoms with Gasteiger partial charge in [-0.3, -0.25) is 13.9 Å². The van der Waals surface area contributed by atoms with Crippen molar-refractivity contribution in [3.05, 3.63) is 83.2 Å². The first-order valence-electron chi connectivity index (χ1n) is 11.0. The number of thiophene rings is 1. The number of amides is 2. The van der Waals surface area contributed by atoms with Gasteiger partial charge < -0.3 is 10.6 Å². The highest BCUT2D eigenvalue weighted by atomic mass is 32.2. The van der Waals surface area contributed by atoms with Gasteiger partial charge in [0, 0.05) is 29.5 Å². The first-order chi connectivity index (χ1) is 16.7. The number of carbonyl (C=O) groups excluding carboxylic acids is 2. The third-order valence-corrected chi connectivity index (χ3v) is 8.38. The van der Waals surface area contributed by atoms with Gasteiger partial charge in [0.15, 0.2) is 0 Å². The highest BCUT2D eigenvalue weighted by Gasteiger charge is 2.24. The molecule has 2 N–H and O–H groups in total. The van der Waals surface area contributed by atoms with Crippen LogP contribution in [0, 0.1) is 6.92 Å². The predicted octanol–water partition coefficient (Wildman–Crippen LogP) is 5.64. The van der Waals surface area contributed by atoms with Gasteiger partial charge in [0.25, 0.3) is 15.9 Å². The summed E-state index contributed by atoms with van der Waals surface area (Å²) in [5, 5.41) is 6.31. The number of sulfonamides is 1. The van der Waals surface area contributed by atoms with Crippen LogP contribution in [0.5, 0.6) is 0 Å². The monoisotopic (exact) mass is 507 g/mol. The molecule has 9 heteroatoms. The fourth-order valence-corrected chi connectivity index (χ4v) is 6.10. The largest absolute Gasteiger partial charge is 0.326 e. The molecule has 4 aromatic rings. The molecule has 0 saturated heterocycles. The van der Waals surface area contributed by atoms with Crippen molar-refractivity contribution in [2.75, 3.05) is 21.5 Å². The predicted molar refractivity (Wildman–Crippen MR) is 142 cm³/mol. The second kappa shape index (κ2) is 9.89. The highest BCUT2D eigenvalue weighted by Crippen LogP contribution is 2.32. The molecule has 0 aliphatic heterocycles. The van der Waals surface area contributed by atoms with E-state index in [2.05, 4.69) is 10.6 Å². The fourth-order valence-electron chi connectivity index (χ4n) is 3.70. The molecule has 1 aromatic heterocycles. The zero-order valence-electron chi connectivity index (χ0n) is 19.5. The summed E-state index contributed by atoms with van der Waals surface area (Å²) in [7, 11) is -3.73. The smallest absolute Gasteiger partial charge is 0.265 e. The van der Waals surface area contributed by atoms with Gasteiger partial charge in [-0.25, -0.2) is 8.42 Å². The molecule has 0 bridgehead atoms. The van der Waals surface area contributed by atoms with Gasteiger partial charge in [-0.15, -0.1) is 11.3 Å². The van der Waals surface area contributed by atoms with Crippen molar-refractivity contribution in [1.29, 1.82) is 0 Å². The Balaban J connectivity index is 1.59. The maximum absolute atomic E-state index is 13.3. The lowest BCUT2D eigenvalue weighted by atomic mass is 10.2. The van der Waals surface area contributed by atoms with E-state index >= 15 is 0 Å². The van der Waals surface area contributed by atoms with Gasteiger partial charge >= 0.3 is 0 Å². The number of rotatable bonds is 7. The molecule has 0 fully saturated rings. The average molecular weight is 508 g/mol. The summed E-state index contributed by atoms with van der Waals surface area (Å²) in [6.45, 7) is 5.38. The molecular formula is C26H25N3O4S2. The van der Waals surface area contributed by atoms with Crippen LogP contribution < -0.4 is 14.9 Å². The maximum Gasteiger partial charge on any atom is 0.265 e. The molecule has 0 saturated carbocycles. The van der Waals surface area contributed by atoms with Gasteiger partial charge in [-0.1, -0.05) is 23.8 Å². The molecule has 2 amide bonds. The lowest BCUT2D eigenvalue weighted by Gasteiger charge is -2.23. The summed E-state index contributed by atoms with van der Waals surface area (Å²) >= 11 is 1.32. The molecule has 180 valence electrons. The molecule has 0 radical (unpaired) electrons. The maximum atomic E-state index is 13.3. The summed E-state index contributed by atoms with van der Waals surface area (Å²) in [5.41, 5.74) is 2.67. The lowest BCUT2D eigenvalue weighted by molar-refractivity contribution is -0.114. The minimum atomic E-state index is -3.73. The molecule has 35 heavy (non-hydrogen) atoms. The van der Waals surface area contributed by atoms with Gasteiger partial charge in [-0.2, -0.15) is 0 Å². The Kier molecular flexibility index (Phi) is 6.90. The molecule has 0 spiro atoms. The number of anilines is 3. The summed E-state index contributed by atoms with van der Waals surface area (Å²) in [5.74, 6) is -0.480. The van der Waals surface area contributed by atoms with E-state index in [0.717, 1.165) is 15.6 Å². The van der Waals surface area contributed by atoms with Crippen LogP contribution in [0.25, 0.3) is 10.1 Å². The van der Waals surface area contributed by atoms with Crippen LogP contribution in [0.2, 0.25) is 0 Å². The van der Waals surface area contributed by atoms with E-state index in [4.69, 9.17) is 0 Å². The van der Waals surface area contributed by atoms with Crippen molar-refractivity contribution in [2.24, 2.45) is 0 Å². The second-order valence-corrected chi connectivity index (χ2v) is 11.0. The summed E-state index contributed by atoms with van der Waals surface area (Å²) in [6, 6.07) is 20.8. The lowest BCUT2D eigenvalue weighted by Crippen LogP contribution is -2.30. The molecule has 0 aliphatic rings. The van der Waals surface area contributed by atoms with E-state index < -0.39 is 10.0 Å². The van der Waals surface area contributed by atoms with E-state index in [9.17, 15) is 18.0 Å². The van der Waals surface area contributed by atoms with Crippen LogP contribution in [-0.4, -0.2) is 26.8 Å². The standard InChI is InChI=1S/C26H25N3O4S2/c1-4-29(35(32,33)23-11-8-17(2)9-12-23)22-10-13-24-19(14-22)15-25(34-24)26(31)28-21-7-5-6-20(16-21)27-18(3)30/h5-16H,4H2,1-3H3,(H,27,30)(H,28,31). The Labute approximate surface area is 208 Å². The number of carbonyl (C=O) groups is 2. The molecule has 0 unspecified atom stereocenters. The van der Waals surface area contributed by atoms with Crippen LogP contribution in [0.1, 0.15) is 29.1 Å². The van der Waals surface area contributed by atoms with Crippen molar-refractivity contribution in [3.8, 4) is 0 Å². The van der Waals surface area contributed by atoms with Gasteiger partial charge in [0.2, 0.25) is 5.91 Å². The quantitative estimate of drug-likeness (QED) is 0.339.